The average molecular weight is 353 g/mol. The normalized spacial score (nSPS) is 23.2. The molecule has 0 bridgehead atoms. The van der Waals surface area contributed by atoms with Crippen molar-refractivity contribution in [1.29, 1.82) is 0 Å². The van der Waals surface area contributed by atoms with E-state index in [4.69, 9.17) is 21.4 Å². The highest BCUT2D eigenvalue weighted by molar-refractivity contribution is 6.30. The lowest BCUT2D eigenvalue weighted by atomic mass is 9.94. The van der Waals surface area contributed by atoms with Gasteiger partial charge >= 0.3 is 0 Å². The van der Waals surface area contributed by atoms with Gasteiger partial charge in [0.25, 0.3) is 0 Å². The Morgan fingerprint density at radius 1 is 1.12 bits per heavy atom. The zero-order chi connectivity index (χ0) is 17.0. The van der Waals surface area contributed by atoms with Crippen molar-refractivity contribution in [2.75, 3.05) is 0 Å². The number of aryl methyl sites for hydroxylation is 1. The average Bonchev–Trinajstić information content (AvgIpc) is 3.25. The number of nitrogens with zero attached hydrogens (tertiary/aromatic N) is 2. The van der Waals surface area contributed by atoms with Gasteiger partial charge in [-0.15, -0.1) is 0 Å². The molecule has 1 atom stereocenters. The Morgan fingerprint density at radius 3 is 2.64 bits per heavy atom. The SMILES string of the molecule is Cc1ccc(C2=NN3[C@@H](C2)c2cc(Cl)ccc2OC32CCCC2)cc1. The highest BCUT2D eigenvalue weighted by atomic mass is 35.5. The van der Waals surface area contributed by atoms with Gasteiger partial charge < -0.3 is 4.74 Å². The van der Waals surface area contributed by atoms with Crippen LogP contribution in [0.1, 0.15) is 54.8 Å². The van der Waals surface area contributed by atoms with Crippen molar-refractivity contribution in [2.45, 2.75) is 50.8 Å². The van der Waals surface area contributed by atoms with Crippen LogP contribution in [0.25, 0.3) is 0 Å². The molecule has 0 radical (unpaired) electrons. The second kappa shape index (κ2) is 5.50. The van der Waals surface area contributed by atoms with Gasteiger partial charge in [0.15, 0.2) is 5.72 Å². The molecule has 0 N–H and O–H groups in total. The number of benzene rings is 2. The summed E-state index contributed by atoms with van der Waals surface area (Å²) in [5.74, 6) is 0.980. The maximum Gasteiger partial charge on any atom is 0.198 e. The molecule has 5 rings (SSSR count). The van der Waals surface area contributed by atoms with Crippen LogP contribution in [0.15, 0.2) is 47.6 Å². The molecule has 25 heavy (non-hydrogen) atoms. The van der Waals surface area contributed by atoms with Gasteiger partial charge in [0.05, 0.1) is 11.8 Å². The van der Waals surface area contributed by atoms with Crippen molar-refractivity contribution < 1.29 is 4.74 Å². The molecule has 1 spiro atoms. The lowest BCUT2D eigenvalue weighted by Crippen LogP contribution is -2.51. The number of ether oxygens (including phenoxy) is 1. The van der Waals surface area contributed by atoms with E-state index < -0.39 is 0 Å². The zero-order valence-electron chi connectivity index (χ0n) is 14.3. The Kier molecular flexibility index (Phi) is 3.36. The molecule has 0 amide bonds. The summed E-state index contributed by atoms with van der Waals surface area (Å²) in [6, 6.07) is 14.9. The van der Waals surface area contributed by atoms with Crippen molar-refractivity contribution in [3.8, 4) is 5.75 Å². The summed E-state index contributed by atoms with van der Waals surface area (Å²) in [5.41, 5.74) is 4.51. The fourth-order valence-electron chi connectivity index (χ4n) is 4.43. The third-order valence-electron chi connectivity index (χ3n) is 5.73. The Balaban J connectivity index is 1.60. The van der Waals surface area contributed by atoms with E-state index in [2.05, 4.69) is 36.2 Å². The maximum atomic E-state index is 6.51. The topological polar surface area (TPSA) is 24.8 Å². The van der Waals surface area contributed by atoms with Crippen LogP contribution < -0.4 is 4.74 Å². The standard InChI is InChI=1S/C21H21ClN2O/c1-14-4-6-15(7-5-14)18-13-19-17-12-16(22)8-9-20(17)25-21(24(19)23-18)10-2-3-11-21/h4-9,12,19H,2-3,10-11,13H2,1H3/t19-/m0/s1. The van der Waals surface area contributed by atoms with E-state index in [9.17, 15) is 0 Å². The molecule has 3 nitrogen and oxygen atoms in total. The number of halogens is 1. The fraction of sp³-hybridized carbons (Fsp3) is 0.381. The van der Waals surface area contributed by atoms with Crippen molar-refractivity contribution in [3.63, 3.8) is 0 Å². The molecule has 128 valence electrons. The van der Waals surface area contributed by atoms with E-state index in [-0.39, 0.29) is 11.8 Å². The van der Waals surface area contributed by atoms with Gasteiger partial charge in [0.2, 0.25) is 0 Å². The van der Waals surface area contributed by atoms with Crippen molar-refractivity contribution >= 4 is 17.3 Å². The molecular weight excluding hydrogens is 332 g/mol. The molecule has 3 aliphatic rings. The molecule has 1 aliphatic carbocycles. The second-order valence-corrected chi connectivity index (χ2v) is 7.85. The smallest absolute Gasteiger partial charge is 0.198 e. The lowest BCUT2D eigenvalue weighted by molar-refractivity contribution is -0.114. The highest BCUT2D eigenvalue weighted by Crippen LogP contribution is 2.52. The Hall–Kier alpha value is -2.00. The van der Waals surface area contributed by atoms with Crippen LogP contribution in [0.4, 0.5) is 0 Å². The molecule has 2 aliphatic heterocycles. The van der Waals surface area contributed by atoms with Crippen molar-refractivity contribution in [3.05, 3.63) is 64.2 Å². The van der Waals surface area contributed by atoms with Crippen LogP contribution in [0.2, 0.25) is 5.02 Å². The van der Waals surface area contributed by atoms with Gasteiger partial charge in [-0.3, -0.25) is 0 Å². The number of rotatable bonds is 1. The first-order valence-corrected chi connectivity index (χ1v) is 9.45. The van der Waals surface area contributed by atoms with E-state index in [1.807, 2.05) is 18.2 Å². The molecule has 0 unspecified atom stereocenters. The van der Waals surface area contributed by atoms with Crippen LogP contribution in [0.5, 0.6) is 5.75 Å². The summed E-state index contributed by atoms with van der Waals surface area (Å²) >= 11 is 6.28. The third-order valence-corrected chi connectivity index (χ3v) is 5.96. The van der Waals surface area contributed by atoms with Crippen LogP contribution in [0, 0.1) is 6.92 Å². The van der Waals surface area contributed by atoms with E-state index >= 15 is 0 Å². The molecule has 0 saturated heterocycles. The van der Waals surface area contributed by atoms with E-state index in [0.29, 0.717) is 0 Å². The van der Waals surface area contributed by atoms with Crippen molar-refractivity contribution in [1.82, 2.24) is 5.01 Å². The minimum absolute atomic E-state index is 0.219. The predicted molar refractivity (Wildman–Crippen MR) is 100 cm³/mol. The quantitative estimate of drug-likeness (QED) is 0.680. The largest absolute Gasteiger partial charge is 0.466 e. The summed E-state index contributed by atoms with van der Waals surface area (Å²) in [6.45, 7) is 2.11. The molecule has 2 aromatic carbocycles. The molecular formula is C21H21ClN2O. The predicted octanol–water partition coefficient (Wildman–Crippen LogP) is 5.46. The Bertz CT molecular complexity index is 853. The summed E-state index contributed by atoms with van der Waals surface area (Å²) in [6.07, 6.45) is 5.37. The third kappa shape index (κ3) is 2.36. The van der Waals surface area contributed by atoms with E-state index in [1.165, 1.54) is 24.0 Å². The van der Waals surface area contributed by atoms with Crippen LogP contribution in [-0.2, 0) is 0 Å². The van der Waals surface area contributed by atoms with Crippen molar-refractivity contribution in [2.24, 2.45) is 5.10 Å². The molecule has 2 aromatic rings. The molecule has 4 heteroatoms. The monoisotopic (exact) mass is 352 g/mol. The summed E-state index contributed by atoms with van der Waals surface area (Å²) in [4.78, 5) is 0. The van der Waals surface area contributed by atoms with E-state index in [1.54, 1.807) is 0 Å². The fourth-order valence-corrected chi connectivity index (χ4v) is 4.61. The van der Waals surface area contributed by atoms with E-state index in [0.717, 1.165) is 41.3 Å². The summed E-state index contributed by atoms with van der Waals surface area (Å²) in [5, 5.41) is 8.06. The number of fused-ring (bicyclic) bond motifs is 4. The number of hydrazone groups is 1. The van der Waals surface area contributed by atoms with Gasteiger partial charge in [-0.05, 0) is 43.5 Å². The van der Waals surface area contributed by atoms with Gasteiger partial charge in [-0.25, -0.2) is 5.01 Å². The van der Waals surface area contributed by atoms with Gasteiger partial charge in [0, 0.05) is 29.8 Å². The van der Waals surface area contributed by atoms with Gasteiger partial charge in [0.1, 0.15) is 5.75 Å². The minimum Gasteiger partial charge on any atom is -0.466 e. The maximum absolute atomic E-state index is 6.51. The second-order valence-electron chi connectivity index (χ2n) is 7.41. The summed E-state index contributed by atoms with van der Waals surface area (Å²) < 4.78 is 6.51. The Morgan fingerprint density at radius 2 is 1.88 bits per heavy atom. The minimum atomic E-state index is -0.280. The lowest BCUT2D eigenvalue weighted by Gasteiger charge is -2.45. The molecule has 1 saturated carbocycles. The van der Waals surface area contributed by atoms with Crippen LogP contribution >= 0.6 is 11.6 Å². The molecule has 2 heterocycles. The van der Waals surface area contributed by atoms with Crippen LogP contribution in [-0.4, -0.2) is 16.4 Å². The van der Waals surface area contributed by atoms with Gasteiger partial charge in [-0.2, -0.15) is 5.10 Å². The number of hydrogen-bond donors (Lipinski definition) is 0. The first-order chi connectivity index (χ1) is 12.1. The highest BCUT2D eigenvalue weighted by Gasteiger charge is 2.51. The molecule has 0 aromatic heterocycles. The zero-order valence-corrected chi connectivity index (χ0v) is 15.1. The summed E-state index contributed by atoms with van der Waals surface area (Å²) in [7, 11) is 0. The van der Waals surface area contributed by atoms with Gasteiger partial charge in [-0.1, -0.05) is 41.4 Å². The first kappa shape index (κ1) is 15.3. The molecule has 1 fully saturated rings. The Labute approximate surface area is 153 Å². The first-order valence-electron chi connectivity index (χ1n) is 9.07. The number of hydrogen-bond acceptors (Lipinski definition) is 3. The van der Waals surface area contributed by atoms with Crippen LogP contribution in [0.3, 0.4) is 0 Å².